The number of carbonyl (C=O) groups excluding carboxylic acids is 2. The van der Waals surface area contributed by atoms with E-state index in [0.29, 0.717) is 26.2 Å². The second kappa shape index (κ2) is 7.76. The number of hydrogen-bond donors (Lipinski definition) is 1. The van der Waals surface area contributed by atoms with Gasteiger partial charge < -0.3 is 10.6 Å². The number of rotatable bonds is 6. The second-order valence-electron chi connectivity index (χ2n) is 6.91. The molecule has 0 bridgehead atoms. The maximum absolute atomic E-state index is 12.7. The van der Waals surface area contributed by atoms with Crippen molar-refractivity contribution >= 4 is 22.8 Å². The van der Waals surface area contributed by atoms with E-state index in [1.54, 1.807) is 14.0 Å². The minimum Gasteiger partial charge on any atom is -0.369 e. The Bertz CT molecular complexity index is 867. The van der Waals surface area contributed by atoms with Crippen LogP contribution < -0.4 is 11.4 Å². The highest BCUT2D eigenvalue weighted by molar-refractivity contribution is 5.80. The van der Waals surface area contributed by atoms with E-state index in [1.807, 2.05) is 31.2 Å². The molecule has 2 heterocycles. The van der Waals surface area contributed by atoms with E-state index in [9.17, 15) is 14.4 Å². The number of piperidine rings is 1. The van der Waals surface area contributed by atoms with Gasteiger partial charge in [-0.2, -0.15) is 0 Å². The normalized spacial score (nSPS) is 17.6. The average Bonchev–Trinajstić information content (AvgIpc) is 2.92. The van der Waals surface area contributed by atoms with Crippen molar-refractivity contribution in [1.82, 2.24) is 14.0 Å². The summed E-state index contributed by atoms with van der Waals surface area (Å²) in [6.45, 7) is 4.07. The van der Waals surface area contributed by atoms with Gasteiger partial charge in [0, 0.05) is 32.6 Å². The van der Waals surface area contributed by atoms with Crippen LogP contribution in [0, 0.1) is 5.92 Å². The standard InChI is InChI=1S/C19H26N4O3/c1-2-10-22-15-7-3-4-8-16(15)23(19(22)26)12-9-17(24)21-11-5-6-14(13-21)18(20)25/h3-4,7-8,14H,2,5-6,9-13H2,1H3,(H2,20,25). The van der Waals surface area contributed by atoms with Gasteiger partial charge in [0.25, 0.3) is 0 Å². The first-order valence-electron chi connectivity index (χ1n) is 9.28. The Morgan fingerprint density at radius 1 is 1.15 bits per heavy atom. The fourth-order valence-corrected chi connectivity index (χ4v) is 3.73. The Hall–Kier alpha value is -2.57. The van der Waals surface area contributed by atoms with Gasteiger partial charge in [-0.3, -0.25) is 18.7 Å². The van der Waals surface area contributed by atoms with Crippen molar-refractivity contribution in [2.24, 2.45) is 11.7 Å². The van der Waals surface area contributed by atoms with Gasteiger partial charge >= 0.3 is 5.69 Å². The van der Waals surface area contributed by atoms with Crippen LogP contribution in [0.15, 0.2) is 29.1 Å². The van der Waals surface area contributed by atoms with Gasteiger partial charge in [0.05, 0.1) is 17.0 Å². The Morgan fingerprint density at radius 3 is 2.42 bits per heavy atom. The number of likely N-dealkylation sites (tertiary alicyclic amines) is 1. The third-order valence-electron chi connectivity index (χ3n) is 5.10. The van der Waals surface area contributed by atoms with E-state index in [1.165, 1.54) is 0 Å². The zero-order valence-electron chi connectivity index (χ0n) is 15.2. The Kier molecular flexibility index (Phi) is 5.44. The lowest BCUT2D eigenvalue weighted by Crippen LogP contribution is -2.44. The van der Waals surface area contributed by atoms with Crippen molar-refractivity contribution in [3.8, 4) is 0 Å². The lowest BCUT2D eigenvalue weighted by molar-refractivity contribution is -0.135. The van der Waals surface area contributed by atoms with Gasteiger partial charge in [0.15, 0.2) is 0 Å². The summed E-state index contributed by atoms with van der Waals surface area (Å²) in [5, 5.41) is 0. The summed E-state index contributed by atoms with van der Waals surface area (Å²) in [5.41, 5.74) is 7.06. The molecule has 1 aromatic carbocycles. The predicted molar refractivity (Wildman–Crippen MR) is 99.6 cm³/mol. The number of imidazole rings is 1. The zero-order chi connectivity index (χ0) is 18.7. The summed E-state index contributed by atoms with van der Waals surface area (Å²) in [6.07, 6.45) is 2.64. The molecule has 0 saturated carbocycles. The molecule has 1 aliphatic rings. The molecule has 0 spiro atoms. The number of primary amides is 1. The third kappa shape index (κ3) is 3.52. The summed E-state index contributed by atoms with van der Waals surface area (Å²) < 4.78 is 3.45. The molecule has 0 aliphatic carbocycles. The number of nitrogens with zero attached hydrogens (tertiary/aromatic N) is 3. The predicted octanol–water partition coefficient (Wildman–Crippen LogP) is 1.33. The summed E-state index contributed by atoms with van der Waals surface area (Å²) >= 11 is 0. The summed E-state index contributed by atoms with van der Waals surface area (Å²) in [6, 6.07) is 7.67. The first-order valence-corrected chi connectivity index (χ1v) is 9.28. The number of aromatic nitrogens is 2. The smallest absolute Gasteiger partial charge is 0.329 e. The van der Waals surface area contributed by atoms with E-state index >= 15 is 0 Å². The van der Waals surface area contributed by atoms with Crippen LogP contribution in [0.5, 0.6) is 0 Å². The van der Waals surface area contributed by atoms with Crippen LogP contribution in [-0.2, 0) is 22.7 Å². The van der Waals surface area contributed by atoms with Crippen molar-refractivity contribution in [2.75, 3.05) is 13.1 Å². The minimum absolute atomic E-state index is 0.0322. The Morgan fingerprint density at radius 2 is 1.81 bits per heavy atom. The maximum Gasteiger partial charge on any atom is 0.329 e. The minimum atomic E-state index is -0.346. The van der Waals surface area contributed by atoms with Crippen LogP contribution >= 0.6 is 0 Å². The fourth-order valence-electron chi connectivity index (χ4n) is 3.73. The molecule has 1 aliphatic heterocycles. The fraction of sp³-hybridized carbons (Fsp3) is 0.526. The van der Waals surface area contributed by atoms with E-state index < -0.39 is 0 Å². The number of aryl methyl sites for hydroxylation is 2. The molecule has 1 atom stereocenters. The van der Waals surface area contributed by atoms with Gasteiger partial charge in [0.2, 0.25) is 11.8 Å². The number of hydrogen-bond acceptors (Lipinski definition) is 3. The summed E-state index contributed by atoms with van der Waals surface area (Å²) in [7, 11) is 0. The average molecular weight is 358 g/mol. The van der Waals surface area contributed by atoms with E-state index in [4.69, 9.17) is 5.73 Å². The molecule has 7 heteroatoms. The highest BCUT2D eigenvalue weighted by Crippen LogP contribution is 2.18. The largest absolute Gasteiger partial charge is 0.369 e. The molecule has 1 unspecified atom stereocenters. The van der Waals surface area contributed by atoms with Crippen molar-refractivity contribution in [3.05, 3.63) is 34.7 Å². The van der Waals surface area contributed by atoms with Crippen LogP contribution in [0.25, 0.3) is 11.0 Å². The van der Waals surface area contributed by atoms with E-state index in [2.05, 4.69) is 0 Å². The van der Waals surface area contributed by atoms with Gasteiger partial charge in [-0.1, -0.05) is 19.1 Å². The zero-order valence-corrected chi connectivity index (χ0v) is 15.2. The molecule has 2 aromatic rings. The molecule has 7 nitrogen and oxygen atoms in total. The van der Waals surface area contributed by atoms with Crippen LogP contribution in [0.2, 0.25) is 0 Å². The topological polar surface area (TPSA) is 90.3 Å². The molecule has 26 heavy (non-hydrogen) atoms. The first-order chi connectivity index (χ1) is 12.5. The van der Waals surface area contributed by atoms with Gasteiger partial charge in [-0.25, -0.2) is 4.79 Å². The molecule has 1 aromatic heterocycles. The van der Waals surface area contributed by atoms with Gasteiger partial charge in [-0.15, -0.1) is 0 Å². The summed E-state index contributed by atoms with van der Waals surface area (Å²) in [5.74, 6) is -0.640. The molecular formula is C19H26N4O3. The molecule has 1 saturated heterocycles. The van der Waals surface area contributed by atoms with Crippen LogP contribution in [-0.4, -0.2) is 38.9 Å². The lowest BCUT2D eigenvalue weighted by atomic mass is 9.97. The lowest BCUT2D eigenvalue weighted by Gasteiger charge is -2.31. The van der Waals surface area contributed by atoms with E-state index in [0.717, 1.165) is 30.3 Å². The quantitative estimate of drug-likeness (QED) is 0.844. The molecule has 140 valence electrons. The summed E-state index contributed by atoms with van der Waals surface area (Å²) in [4.78, 5) is 38.4. The second-order valence-corrected chi connectivity index (χ2v) is 6.91. The van der Waals surface area contributed by atoms with Crippen molar-refractivity contribution in [3.63, 3.8) is 0 Å². The molecular weight excluding hydrogens is 332 g/mol. The number of fused-ring (bicyclic) bond motifs is 1. The van der Waals surface area contributed by atoms with Gasteiger partial charge in [0.1, 0.15) is 0 Å². The van der Waals surface area contributed by atoms with Gasteiger partial charge in [-0.05, 0) is 31.4 Å². The number of carbonyl (C=O) groups is 2. The number of para-hydroxylation sites is 2. The number of benzene rings is 1. The number of nitrogens with two attached hydrogens (primary N) is 1. The van der Waals surface area contributed by atoms with Crippen molar-refractivity contribution < 1.29 is 9.59 Å². The van der Waals surface area contributed by atoms with Crippen LogP contribution in [0.1, 0.15) is 32.6 Å². The SMILES string of the molecule is CCCn1c(=O)n(CCC(=O)N2CCCC(C(N)=O)C2)c2ccccc21. The molecule has 1 fully saturated rings. The molecule has 2 N–H and O–H groups in total. The first kappa shape index (κ1) is 18.2. The highest BCUT2D eigenvalue weighted by Gasteiger charge is 2.27. The van der Waals surface area contributed by atoms with Crippen molar-refractivity contribution in [2.45, 2.75) is 45.7 Å². The van der Waals surface area contributed by atoms with E-state index in [-0.39, 0.29) is 29.8 Å². The monoisotopic (exact) mass is 358 g/mol. The van der Waals surface area contributed by atoms with Crippen molar-refractivity contribution in [1.29, 1.82) is 0 Å². The maximum atomic E-state index is 12.7. The Labute approximate surface area is 152 Å². The molecule has 3 rings (SSSR count). The molecule has 2 amide bonds. The number of amides is 2. The third-order valence-corrected chi connectivity index (χ3v) is 5.10. The highest BCUT2D eigenvalue weighted by atomic mass is 16.2. The molecule has 0 radical (unpaired) electrons. The van der Waals surface area contributed by atoms with Crippen LogP contribution in [0.4, 0.5) is 0 Å². The van der Waals surface area contributed by atoms with Crippen LogP contribution in [0.3, 0.4) is 0 Å². The Balaban J connectivity index is 1.75.